The van der Waals surface area contributed by atoms with Crippen LogP contribution in [0.1, 0.15) is 48.0 Å². The molecular formula is C25H33N3O5S2. The van der Waals surface area contributed by atoms with Crippen LogP contribution in [0.2, 0.25) is 0 Å². The zero-order valence-corrected chi connectivity index (χ0v) is 22.0. The number of benzene rings is 2. The number of rotatable bonds is 7. The minimum atomic E-state index is -3.59. The normalized spacial score (nSPS) is 18.1. The Morgan fingerprint density at radius 3 is 2.09 bits per heavy atom. The number of hydrogen-bond donors (Lipinski definition) is 1. The Hall–Kier alpha value is -2.43. The van der Waals surface area contributed by atoms with Crippen molar-refractivity contribution in [3.63, 3.8) is 0 Å². The highest BCUT2D eigenvalue weighted by Crippen LogP contribution is 2.39. The third kappa shape index (κ3) is 5.54. The van der Waals surface area contributed by atoms with Gasteiger partial charge in [-0.1, -0.05) is 30.9 Å². The Balaban J connectivity index is 1.46. The first-order valence-corrected chi connectivity index (χ1v) is 15.2. The van der Waals surface area contributed by atoms with Crippen molar-refractivity contribution in [3.05, 3.63) is 53.6 Å². The van der Waals surface area contributed by atoms with Crippen LogP contribution in [0.15, 0.2) is 47.4 Å². The van der Waals surface area contributed by atoms with Gasteiger partial charge in [0.15, 0.2) is 0 Å². The smallest absolute Gasteiger partial charge is 0.257 e. The minimum absolute atomic E-state index is 0.200. The van der Waals surface area contributed by atoms with Crippen LogP contribution in [0.4, 0.5) is 11.4 Å². The van der Waals surface area contributed by atoms with Gasteiger partial charge in [-0.2, -0.15) is 4.31 Å². The first-order chi connectivity index (χ1) is 16.5. The Kier molecular flexibility index (Phi) is 7.26. The van der Waals surface area contributed by atoms with E-state index in [1.54, 1.807) is 34.6 Å². The second-order valence-electron chi connectivity index (χ2n) is 9.66. The summed E-state index contributed by atoms with van der Waals surface area (Å²) < 4.78 is 52.9. The quantitative estimate of drug-likeness (QED) is 0.599. The summed E-state index contributed by atoms with van der Waals surface area (Å²) >= 11 is 0. The highest BCUT2D eigenvalue weighted by Gasteiger charge is 2.34. The van der Waals surface area contributed by atoms with Crippen molar-refractivity contribution in [1.29, 1.82) is 0 Å². The molecule has 8 nitrogen and oxygen atoms in total. The number of carbonyl (C=O) groups is 1. The first kappa shape index (κ1) is 25.7. The topological polar surface area (TPSA) is 104 Å². The molecule has 2 aliphatic rings. The zero-order chi connectivity index (χ0) is 25.4. The monoisotopic (exact) mass is 519 g/mol. The number of sulfonamides is 2. The molecule has 1 heterocycles. The summed E-state index contributed by atoms with van der Waals surface area (Å²) in [6, 6.07) is 11.1. The average molecular weight is 520 g/mol. The lowest BCUT2D eigenvalue weighted by molar-refractivity contribution is 0.102. The standard InChI is InChI=1S/C25H33N3O5S2/c1-18-7-12-24(27(2)34(3,30)31)23(17-18)25(29)26-21-8-10-22(11-9-21)35(32,33)28-15-13-20(14-16-28)19-5-4-6-19/h7-12,17,19-20H,4-6,13-16H2,1-3H3,(H,26,29). The molecule has 0 aromatic heterocycles. The maximum absolute atomic E-state index is 13.1. The Bertz CT molecular complexity index is 1300. The van der Waals surface area contributed by atoms with Gasteiger partial charge in [0.2, 0.25) is 20.0 Å². The lowest BCUT2D eigenvalue weighted by Gasteiger charge is -2.39. The van der Waals surface area contributed by atoms with E-state index < -0.39 is 26.0 Å². The van der Waals surface area contributed by atoms with Gasteiger partial charge in [0.1, 0.15) is 0 Å². The largest absolute Gasteiger partial charge is 0.322 e. The van der Waals surface area contributed by atoms with Gasteiger partial charge in [-0.25, -0.2) is 16.8 Å². The molecule has 0 radical (unpaired) electrons. The summed E-state index contributed by atoms with van der Waals surface area (Å²) in [7, 11) is -5.75. The molecule has 10 heteroatoms. The Morgan fingerprint density at radius 1 is 0.943 bits per heavy atom. The van der Waals surface area contributed by atoms with E-state index in [2.05, 4.69) is 5.32 Å². The van der Waals surface area contributed by atoms with Crippen LogP contribution >= 0.6 is 0 Å². The summed E-state index contributed by atoms with van der Waals surface area (Å²) in [5.74, 6) is 0.933. The zero-order valence-electron chi connectivity index (χ0n) is 20.4. The molecule has 0 spiro atoms. The predicted octanol–water partition coefficient (Wildman–Crippen LogP) is 3.84. The van der Waals surface area contributed by atoms with Crippen LogP contribution < -0.4 is 9.62 Å². The second-order valence-corrected chi connectivity index (χ2v) is 13.6. The van der Waals surface area contributed by atoms with E-state index in [9.17, 15) is 21.6 Å². The fraction of sp³-hybridized carbons (Fsp3) is 0.480. The van der Waals surface area contributed by atoms with E-state index in [4.69, 9.17) is 0 Å². The third-order valence-corrected chi connectivity index (χ3v) is 10.4. The first-order valence-electron chi connectivity index (χ1n) is 11.9. The predicted molar refractivity (Wildman–Crippen MR) is 138 cm³/mol. The number of carbonyl (C=O) groups excluding carboxylic acids is 1. The molecule has 0 atom stereocenters. The van der Waals surface area contributed by atoms with Crippen LogP contribution in [0.3, 0.4) is 0 Å². The van der Waals surface area contributed by atoms with Crippen LogP contribution in [0.5, 0.6) is 0 Å². The van der Waals surface area contributed by atoms with Crippen LogP contribution in [0.25, 0.3) is 0 Å². The van der Waals surface area contributed by atoms with Crippen LogP contribution in [-0.4, -0.2) is 53.4 Å². The molecule has 2 aromatic carbocycles. The van der Waals surface area contributed by atoms with Crippen molar-refractivity contribution in [1.82, 2.24) is 4.31 Å². The van der Waals surface area contributed by atoms with E-state index in [0.717, 1.165) is 34.9 Å². The van der Waals surface area contributed by atoms with E-state index >= 15 is 0 Å². The van der Waals surface area contributed by atoms with Gasteiger partial charge in [-0.15, -0.1) is 0 Å². The fourth-order valence-electron chi connectivity index (χ4n) is 4.84. The van der Waals surface area contributed by atoms with Crippen LogP contribution in [0, 0.1) is 18.8 Å². The maximum atomic E-state index is 13.1. The minimum Gasteiger partial charge on any atom is -0.322 e. The number of anilines is 2. The molecule has 0 unspecified atom stereocenters. The maximum Gasteiger partial charge on any atom is 0.257 e. The average Bonchev–Trinajstić information content (AvgIpc) is 2.77. The van der Waals surface area contributed by atoms with Crippen molar-refractivity contribution in [2.75, 3.05) is 36.0 Å². The van der Waals surface area contributed by atoms with Crippen LogP contribution in [-0.2, 0) is 20.0 Å². The molecule has 0 bridgehead atoms. The van der Waals surface area contributed by atoms with Gasteiger partial charge in [-0.05, 0) is 68.0 Å². The SMILES string of the molecule is Cc1ccc(N(C)S(C)(=O)=O)c(C(=O)Nc2ccc(S(=O)(=O)N3CCC(C4CCC4)CC3)cc2)c1. The summed E-state index contributed by atoms with van der Waals surface area (Å²) in [4.78, 5) is 13.2. The molecule has 1 N–H and O–H groups in total. The molecule has 190 valence electrons. The third-order valence-electron chi connectivity index (χ3n) is 7.30. The van der Waals surface area contributed by atoms with Crippen molar-refractivity contribution >= 4 is 37.3 Å². The Labute approximate surface area is 208 Å². The highest BCUT2D eigenvalue weighted by molar-refractivity contribution is 7.92. The van der Waals surface area contributed by atoms with E-state index in [-0.39, 0.29) is 16.1 Å². The number of nitrogens with zero attached hydrogens (tertiary/aromatic N) is 2. The van der Waals surface area contributed by atoms with E-state index in [0.29, 0.717) is 24.7 Å². The highest BCUT2D eigenvalue weighted by atomic mass is 32.2. The number of hydrogen-bond acceptors (Lipinski definition) is 5. The van der Waals surface area contributed by atoms with Gasteiger partial charge in [0.05, 0.1) is 22.4 Å². The summed E-state index contributed by atoms with van der Waals surface area (Å²) in [5.41, 5.74) is 1.71. The Morgan fingerprint density at radius 2 is 1.54 bits per heavy atom. The lowest BCUT2D eigenvalue weighted by Crippen LogP contribution is -2.41. The van der Waals surface area contributed by atoms with Gasteiger partial charge in [0.25, 0.3) is 5.91 Å². The van der Waals surface area contributed by atoms with Crippen molar-refractivity contribution < 1.29 is 21.6 Å². The fourth-order valence-corrected chi connectivity index (χ4v) is 6.83. The van der Waals surface area contributed by atoms with Gasteiger partial charge < -0.3 is 5.32 Å². The number of aryl methyl sites for hydroxylation is 1. The van der Waals surface area contributed by atoms with Gasteiger partial charge in [0, 0.05) is 25.8 Å². The van der Waals surface area contributed by atoms with Crippen molar-refractivity contribution in [2.24, 2.45) is 11.8 Å². The number of nitrogens with one attached hydrogen (secondary N) is 1. The van der Waals surface area contributed by atoms with Gasteiger partial charge in [-0.3, -0.25) is 9.10 Å². The van der Waals surface area contributed by atoms with Crippen molar-refractivity contribution in [3.8, 4) is 0 Å². The number of amides is 1. The molecule has 4 rings (SSSR count). The summed E-state index contributed by atoms with van der Waals surface area (Å²) in [6.45, 7) is 2.91. The van der Waals surface area contributed by atoms with E-state index in [1.807, 2.05) is 6.92 Å². The van der Waals surface area contributed by atoms with Gasteiger partial charge >= 0.3 is 0 Å². The molecule has 1 amide bonds. The molecule has 1 saturated heterocycles. The summed E-state index contributed by atoms with van der Waals surface area (Å²) in [5, 5.41) is 2.75. The van der Waals surface area contributed by atoms with Crippen molar-refractivity contribution in [2.45, 2.75) is 43.9 Å². The molecule has 35 heavy (non-hydrogen) atoms. The molecule has 1 aliphatic carbocycles. The number of piperidine rings is 1. The molecular weight excluding hydrogens is 486 g/mol. The molecule has 2 fully saturated rings. The lowest BCUT2D eigenvalue weighted by atomic mass is 9.72. The molecule has 1 aliphatic heterocycles. The summed E-state index contributed by atoms with van der Waals surface area (Å²) in [6.07, 6.45) is 6.76. The van der Waals surface area contributed by atoms with E-state index in [1.165, 1.54) is 38.4 Å². The molecule has 2 aromatic rings. The second kappa shape index (κ2) is 9.91. The molecule has 1 saturated carbocycles.